The van der Waals surface area contributed by atoms with E-state index in [2.05, 4.69) is 10.1 Å². The molecule has 1 aromatic rings. The molecule has 0 saturated carbocycles. The SMILES string of the molecule is NC(CN1CCN(C(=O)c2ccccc2)CC1)=NO. The lowest BCUT2D eigenvalue weighted by Crippen LogP contribution is -2.50. The van der Waals surface area contributed by atoms with Crippen molar-refractivity contribution < 1.29 is 10.0 Å². The Hall–Kier alpha value is -2.08. The predicted molar refractivity (Wildman–Crippen MR) is 72.2 cm³/mol. The van der Waals surface area contributed by atoms with Gasteiger partial charge in [0.1, 0.15) is 0 Å². The van der Waals surface area contributed by atoms with Gasteiger partial charge in [-0.15, -0.1) is 0 Å². The summed E-state index contributed by atoms with van der Waals surface area (Å²) in [6.07, 6.45) is 0. The lowest BCUT2D eigenvalue weighted by Gasteiger charge is -2.34. The Morgan fingerprint density at radius 1 is 1.21 bits per heavy atom. The van der Waals surface area contributed by atoms with Gasteiger partial charge in [-0.3, -0.25) is 9.69 Å². The number of oxime groups is 1. The number of nitrogens with two attached hydrogens (primary N) is 1. The minimum absolute atomic E-state index is 0.0593. The first-order valence-corrected chi connectivity index (χ1v) is 6.24. The lowest BCUT2D eigenvalue weighted by molar-refractivity contribution is 0.0653. The quantitative estimate of drug-likeness (QED) is 0.352. The smallest absolute Gasteiger partial charge is 0.253 e. The van der Waals surface area contributed by atoms with Crippen LogP contribution < -0.4 is 5.73 Å². The van der Waals surface area contributed by atoms with Crippen LogP contribution in [0.2, 0.25) is 0 Å². The Labute approximate surface area is 112 Å². The molecule has 6 heteroatoms. The second-order valence-electron chi connectivity index (χ2n) is 4.53. The molecule has 6 nitrogen and oxygen atoms in total. The zero-order valence-corrected chi connectivity index (χ0v) is 10.7. The summed E-state index contributed by atoms with van der Waals surface area (Å²) >= 11 is 0. The first-order chi connectivity index (χ1) is 9.20. The van der Waals surface area contributed by atoms with Gasteiger partial charge in [-0.1, -0.05) is 23.4 Å². The van der Waals surface area contributed by atoms with Gasteiger partial charge in [0.2, 0.25) is 0 Å². The van der Waals surface area contributed by atoms with Crippen LogP contribution >= 0.6 is 0 Å². The molecule has 2 rings (SSSR count). The van der Waals surface area contributed by atoms with Crippen LogP contribution in [-0.2, 0) is 0 Å². The number of amidine groups is 1. The van der Waals surface area contributed by atoms with Crippen LogP contribution in [0.25, 0.3) is 0 Å². The first-order valence-electron chi connectivity index (χ1n) is 6.24. The van der Waals surface area contributed by atoms with E-state index in [4.69, 9.17) is 10.9 Å². The van der Waals surface area contributed by atoms with Gasteiger partial charge in [0.15, 0.2) is 5.84 Å². The van der Waals surface area contributed by atoms with Gasteiger partial charge in [0.05, 0.1) is 6.54 Å². The number of rotatable bonds is 3. The van der Waals surface area contributed by atoms with Gasteiger partial charge in [-0.2, -0.15) is 0 Å². The van der Waals surface area contributed by atoms with Gasteiger partial charge >= 0.3 is 0 Å². The molecule has 3 N–H and O–H groups in total. The number of benzene rings is 1. The van der Waals surface area contributed by atoms with E-state index in [1.54, 1.807) is 0 Å². The highest BCUT2D eigenvalue weighted by molar-refractivity contribution is 5.94. The molecule has 1 aliphatic rings. The number of piperazine rings is 1. The third kappa shape index (κ3) is 3.45. The van der Waals surface area contributed by atoms with Crippen molar-refractivity contribution in [2.75, 3.05) is 32.7 Å². The van der Waals surface area contributed by atoms with E-state index >= 15 is 0 Å². The molecule has 0 aliphatic carbocycles. The summed E-state index contributed by atoms with van der Waals surface area (Å²) in [4.78, 5) is 16.1. The van der Waals surface area contributed by atoms with E-state index in [0.29, 0.717) is 25.2 Å². The molecule has 0 atom stereocenters. The van der Waals surface area contributed by atoms with E-state index in [0.717, 1.165) is 13.1 Å². The summed E-state index contributed by atoms with van der Waals surface area (Å²) in [6, 6.07) is 9.27. The van der Waals surface area contributed by atoms with Gasteiger partial charge in [0.25, 0.3) is 5.91 Å². The second kappa shape index (κ2) is 6.19. The summed E-state index contributed by atoms with van der Waals surface area (Å²) in [6.45, 7) is 3.21. The van der Waals surface area contributed by atoms with Gasteiger partial charge in [-0.05, 0) is 12.1 Å². The number of carbonyl (C=O) groups is 1. The Kier molecular flexibility index (Phi) is 4.35. The molecule has 0 radical (unpaired) electrons. The van der Waals surface area contributed by atoms with Crippen molar-refractivity contribution in [1.82, 2.24) is 9.80 Å². The number of hydrogen-bond donors (Lipinski definition) is 2. The Morgan fingerprint density at radius 3 is 2.42 bits per heavy atom. The molecule has 1 aliphatic heterocycles. The molecule has 102 valence electrons. The normalized spacial score (nSPS) is 17.5. The molecule has 1 fully saturated rings. The first kappa shape index (κ1) is 13.4. The fourth-order valence-corrected chi connectivity index (χ4v) is 2.13. The topological polar surface area (TPSA) is 82.2 Å². The molecular formula is C13H18N4O2. The predicted octanol–water partition coefficient (Wildman–Crippen LogP) is 0.191. The molecule has 19 heavy (non-hydrogen) atoms. The van der Waals surface area contributed by atoms with Crippen LogP contribution in [0, 0.1) is 0 Å². The van der Waals surface area contributed by atoms with Crippen molar-refractivity contribution in [3.05, 3.63) is 35.9 Å². The Bertz CT molecular complexity index is 453. The lowest BCUT2D eigenvalue weighted by atomic mass is 10.2. The third-order valence-corrected chi connectivity index (χ3v) is 3.19. The zero-order chi connectivity index (χ0) is 13.7. The van der Waals surface area contributed by atoms with E-state index < -0.39 is 0 Å². The van der Waals surface area contributed by atoms with Crippen LogP contribution in [0.15, 0.2) is 35.5 Å². The molecule has 1 saturated heterocycles. The highest BCUT2D eigenvalue weighted by atomic mass is 16.4. The molecule has 0 spiro atoms. The van der Waals surface area contributed by atoms with Crippen molar-refractivity contribution in [3.63, 3.8) is 0 Å². The summed E-state index contributed by atoms with van der Waals surface area (Å²) in [7, 11) is 0. The highest BCUT2D eigenvalue weighted by Gasteiger charge is 2.22. The fraction of sp³-hybridized carbons (Fsp3) is 0.385. The minimum atomic E-state index is 0.0593. The van der Waals surface area contributed by atoms with Crippen molar-refractivity contribution >= 4 is 11.7 Å². The molecule has 1 aromatic carbocycles. The van der Waals surface area contributed by atoms with Crippen LogP contribution in [0.3, 0.4) is 0 Å². The number of amides is 1. The summed E-state index contributed by atoms with van der Waals surface area (Å²) < 4.78 is 0. The van der Waals surface area contributed by atoms with Crippen LogP contribution in [0.4, 0.5) is 0 Å². The van der Waals surface area contributed by atoms with Gasteiger partial charge in [0, 0.05) is 31.7 Å². The Morgan fingerprint density at radius 2 is 1.84 bits per heavy atom. The van der Waals surface area contributed by atoms with Crippen molar-refractivity contribution in [2.24, 2.45) is 10.9 Å². The van der Waals surface area contributed by atoms with Crippen molar-refractivity contribution in [2.45, 2.75) is 0 Å². The van der Waals surface area contributed by atoms with E-state index in [1.807, 2.05) is 35.2 Å². The highest BCUT2D eigenvalue weighted by Crippen LogP contribution is 2.08. The maximum atomic E-state index is 12.2. The molecule has 1 heterocycles. The van der Waals surface area contributed by atoms with E-state index in [9.17, 15) is 4.79 Å². The number of hydrogen-bond acceptors (Lipinski definition) is 4. The summed E-state index contributed by atoms with van der Waals surface area (Å²) in [5, 5.41) is 11.5. The monoisotopic (exact) mass is 262 g/mol. The maximum absolute atomic E-state index is 12.2. The molecule has 0 bridgehead atoms. The maximum Gasteiger partial charge on any atom is 0.253 e. The van der Waals surface area contributed by atoms with Crippen LogP contribution in [-0.4, -0.2) is 59.5 Å². The molecular weight excluding hydrogens is 244 g/mol. The Balaban J connectivity index is 1.88. The average Bonchev–Trinajstić information content (AvgIpc) is 2.48. The summed E-state index contributed by atoms with van der Waals surface area (Å²) in [5.41, 5.74) is 6.18. The largest absolute Gasteiger partial charge is 0.409 e. The van der Waals surface area contributed by atoms with Crippen molar-refractivity contribution in [1.29, 1.82) is 0 Å². The minimum Gasteiger partial charge on any atom is -0.409 e. The molecule has 1 amide bonds. The number of carbonyl (C=O) groups excluding carboxylic acids is 1. The summed E-state index contributed by atoms with van der Waals surface area (Å²) in [5.74, 6) is 0.256. The molecule has 0 unspecified atom stereocenters. The number of nitrogens with zero attached hydrogens (tertiary/aromatic N) is 3. The molecule has 0 aromatic heterocycles. The second-order valence-corrected chi connectivity index (χ2v) is 4.53. The average molecular weight is 262 g/mol. The van der Waals surface area contributed by atoms with Gasteiger partial charge in [-0.25, -0.2) is 0 Å². The third-order valence-electron chi connectivity index (χ3n) is 3.19. The van der Waals surface area contributed by atoms with E-state index in [1.165, 1.54) is 0 Å². The fourth-order valence-electron chi connectivity index (χ4n) is 2.13. The standard InChI is InChI=1S/C13H18N4O2/c14-12(15-19)10-16-6-8-17(9-7-16)13(18)11-4-2-1-3-5-11/h1-5,19H,6-10H2,(H2,14,15). The van der Waals surface area contributed by atoms with Crippen molar-refractivity contribution in [3.8, 4) is 0 Å². The van der Waals surface area contributed by atoms with Gasteiger partial charge < -0.3 is 15.8 Å². The van der Waals surface area contributed by atoms with Crippen LogP contribution in [0.5, 0.6) is 0 Å². The van der Waals surface area contributed by atoms with E-state index in [-0.39, 0.29) is 11.7 Å². The van der Waals surface area contributed by atoms with Crippen LogP contribution in [0.1, 0.15) is 10.4 Å². The zero-order valence-electron chi connectivity index (χ0n) is 10.7.